The molecular weight excluding hydrogens is 300 g/mol. The lowest BCUT2D eigenvalue weighted by Crippen LogP contribution is -2.27. The van der Waals surface area contributed by atoms with Crippen molar-refractivity contribution >= 4 is 28.5 Å². The second-order valence-corrected chi connectivity index (χ2v) is 5.98. The lowest BCUT2D eigenvalue weighted by atomic mass is 10.0. The third-order valence-corrected chi connectivity index (χ3v) is 4.36. The molecule has 0 aromatic heterocycles. The highest BCUT2D eigenvalue weighted by Gasteiger charge is 2.30. The summed E-state index contributed by atoms with van der Waals surface area (Å²) in [6.07, 6.45) is 0.0869. The second kappa shape index (κ2) is 5.90. The van der Waals surface area contributed by atoms with Gasteiger partial charge in [-0.25, -0.2) is 13.7 Å². The average molecular weight is 316 g/mol. The molecule has 0 fully saturated rings. The van der Waals surface area contributed by atoms with Gasteiger partial charge in [0.15, 0.2) is 11.2 Å². The number of para-hydroxylation sites is 2. The van der Waals surface area contributed by atoms with Crippen molar-refractivity contribution in [3.8, 4) is 0 Å². The SMILES string of the molecule is CC(=O)OC1Cc2ccccc2N(S(N)=O)c2ccccc21. The molecule has 2 unspecified atom stereocenters. The molecule has 2 N–H and O–H groups in total. The number of hydrogen-bond acceptors (Lipinski definition) is 3. The van der Waals surface area contributed by atoms with Gasteiger partial charge >= 0.3 is 5.97 Å². The van der Waals surface area contributed by atoms with Crippen molar-refractivity contribution in [3.63, 3.8) is 0 Å². The smallest absolute Gasteiger partial charge is 0.303 e. The van der Waals surface area contributed by atoms with Crippen molar-refractivity contribution in [2.45, 2.75) is 19.4 Å². The van der Waals surface area contributed by atoms with E-state index in [1.165, 1.54) is 6.92 Å². The minimum atomic E-state index is -1.72. The van der Waals surface area contributed by atoms with Gasteiger partial charge in [0.2, 0.25) is 0 Å². The second-order valence-electron chi connectivity index (χ2n) is 5.06. The maximum Gasteiger partial charge on any atom is 0.303 e. The number of benzene rings is 2. The number of hydrogen-bond donors (Lipinski definition) is 1. The van der Waals surface area contributed by atoms with Crippen LogP contribution in [0.25, 0.3) is 0 Å². The Kier molecular flexibility index (Phi) is 3.96. The molecule has 6 heteroatoms. The first-order valence-electron chi connectivity index (χ1n) is 6.88. The van der Waals surface area contributed by atoms with E-state index in [1.807, 2.05) is 48.5 Å². The zero-order valence-corrected chi connectivity index (χ0v) is 12.9. The van der Waals surface area contributed by atoms with Crippen molar-refractivity contribution in [1.29, 1.82) is 0 Å². The highest BCUT2D eigenvalue weighted by Crippen LogP contribution is 2.41. The van der Waals surface area contributed by atoms with E-state index in [2.05, 4.69) is 0 Å². The Morgan fingerprint density at radius 3 is 2.50 bits per heavy atom. The molecule has 2 aromatic carbocycles. The van der Waals surface area contributed by atoms with Gasteiger partial charge in [-0.3, -0.25) is 4.79 Å². The van der Waals surface area contributed by atoms with E-state index in [4.69, 9.17) is 9.88 Å². The van der Waals surface area contributed by atoms with Gasteiger partial charge in [-0.1, -0.05) is 36.4 Å². The van der Waals surface area contributed by atoms with Crippen molar-refractivity contribution in [3.05, 3.63) is 59.7 Å². The van der Waals surface area contributed by atoms with E-state index in [0.29, 0.717) is 12.1 Å². The summed E-state index contributed by atoms with van der Waals surface area (Å²) in [5.41, 5.74) is 3.20. The van der Waals surface area contributed by atoms with Crippen LogP contribution < -0.4 is 9.44 Å². The van der Waals surface area contributed by atoms with Crippen molar-refractivity contribution in [2.75, 3.05) is 4.31 Å². The van der Waals surface area contributed by atoms with Crippen LogP contribution in [0.1, 0.15) is 24.2 Å². The molecule has 0 radical (unpaired) electrons. The summed E-state index contributed by atoms with van der Waals surface area (Å²) in [7, 11) is 0. The molecule has 1 aliphatic heterocycles. The van der Waals surface area contributed by atoms with E-state index in [1.54, 1.807) is 4.31 Å². The molecule has 0 aliphatic carbocycles. The van der Waals surface area contributed by atoms with Crippen LogP contribution in [-0.2, 0) is 27.1 Å². The van der Waals surface area contributed by atoms with Crippen molar-refractivity contribution in [2.24, 2.45) is 5.14 Å². The molecule has 0 spiro atoms. The fraction of sp³-hybridized carbons (Fsp3) is 0.188. The van der Waals surface area contributed by atoms with E-state index < -0.39 is 17.3 Å². The monoisotopic (exact) mass is 316 g/mol. The molecule has 1 aliphatic rings. The lowest BCUT2D eigenvalue weighted by molar-refractivity contribution is -0.146. The molecule has 0 saturated heterocycles. The Bertz CT molecular complexity index is 748. The summed E-state index contributed by atoms with van der Waals surface area (Å²) in [4.78, 5) is 11.4. The number of esters is 1. The number of anilines is 2. The van der Waals surface area contributed by atoms with Gasteiger partial charge in [0.1, 0.15) is 6.10 Å². The van der Waals surface area contributed by atoms with Gasteiger partial charge < -0.3 is 4.74 Å². The Labute approximate surface area is 131 Å². The predicted molar refractivity (Wildman–Crippen MR) is 85.6 cm³/mol. The first-order chi connectivity index (χ1) is 10.6. The highest BCUT2D eigenvalue weighted by molar-refractivity contribution is 7.84. The highest BCUT2D eigenvalue weighted by atomic mass is 32.2. The molecule has 0 bridgehead atoms. The summed E-state index contributed by atoms with van der Waals surface area (Å²) in [6, 6.07) is 15.0. The standard InChI is InChI=1S/C16H16N2O3S/c1-11(19)21-16-10-12-6-2-4-8-14(12)18(22(17)20)15-9-5-3-7-13(15)16/h2-9,16H,10,17H2,1H3. The molecule has 0 amide bonds. The van der Waals surface area contributed by atoms with Gasteiger partial charge in [-0.2, -0.15) is 0 Å². The van der Waals surface area contributed by atoms with Crippen molar-refractivity contribution < 1.29 is 13.7 Å². The Morgan fingerprint density at radius 2 is 1.82 bits per heavy atom. The molecule has 2 atom stereocenters. The normalized spacial score (nSPS) is 17.9. The average Bonchev–Trinajstić information content (AvgIpc) is 2.61. The van der Waals surface area contributed by atoms with Crippen LogP contribution in [0, 0.1) is 0 Å². The van der Waals surface area contributed by atoms with Crippen LogP contribution in [0.5, 0.6) is 0 Å². The van der Waals surface area contributed by atoms with Crippen LogP contribution in [0.3, 0.4) is 0 Å². The van der Waals surface area contributed by atoms with E-state index in [9.17, 15) is 9.00 Å². The van der Waals surface area contributed by atoms with Crippen LogP contribution in [0.4, 0.5) is 11.4 Å². The third-order valence-electron chi connectivity index (χ3n) is 3.61. The number of carbonyl (C=O) groups excluding carboxylic acids is 1. The molecule has 1 heterocycles. The molecular formula is C16H16N2O3S. The molecule has 2 aromatic rings. The van der Waals surface area contributed by atoms with E-state index in [0.717, 1.165) is 16.8 Å². The van der Waals surface area contributed by atoms with Gasteiger partial charge in [-0.05, 0) is 17.7 Å². The largest absolute Gasteiger partial charge is 0.457 e. The van der Waals surface area contributed by atoms with Gasteiger partial charge in [0, 0.05) is 18.9 Å². The van der Waals surface area contributed by atoms with Crippen LogP contribution in [-0.4, -0.2) is 10.2 Å². The third kappa shape index (κ3) is 2.63. The number of ether oxygens (including phenoxy) is 1. The maximum atomic E-state index is 12.1. The van der Waals surface area contributed by atoms with Gasteiger partial charge in [-0.15, -0.1) is 0 Å². The number of rotatable bonds is 2. The summed E-state index contributed by atoms with van der Waals surface area (Å²) in [5, 5.41) is 5.70. The fourth-order valence-electron chi connectivity index (χ4n) is 2.77. The van der Waals surface area contributed by atoms with Crippen LogP contribution in [0.15, 0.2) is 48.5 Å². The van der Waals surface area contributed by atoms with Gasteiger partial charge in [0.05, 0.1) is 11.4 Å². The fourth-order valence-corrected chi connectivity index (χ4v) is 3.50. The molecule has 114 valence electrons. The number of carbonyl (C=O) groups is 1. The van der Waals surface area contributed by atoms with E-state index >= 15 is 0 Å². The minimum absolute atomic E-state index is 0.348. The molecule has 22 heavy (non-hydrogen) atoms. The molecule has 3 rings (SSSR count). The summed E-state index contributed by atoms with van der Waals surface area (Å²) in [6.45, 7) is 1.39. The zero-order chi connectivity index (χ0) is 15.7. The van der Waals surface area contributed by atoms with Crippen molar-refractivity contribution in [1.82, 2.24) is 0 Å². The predicted octanol–water partition coefficient (Wildman–Crippen LogP) is 2.52. The Morgan fingerprint density at radius 1 is 1.18 bits per heavy atom. The first kappa shape index (κ1) is 14.7. The van der Waals surface area contributed by atoms with Gasteiger partial charge in [0.25, 0.3) is 0 Å². The lowest BCUT2D eigenvalue weighted by Gasteiger charge is -2.23. The van der Waals surface area contributed by atoms with E-state index in [-0.39, 0.29) is 5.97 Å². The first-order valence-corrected chi connectivity index (χ1v) is 8.05. The zero-order valence-electron chi connectivity index (χ0n) is 12.1. The Hall–Kier alpha value is -2.18. The van der Waals surface area contributed by atoms with Crippen LogP contribution in [0.2, 0.25) is 0 Å². The molecule has 5 nitrogen and oxygen atoms in total. The molecule has 0 saturated carbocycles. The number of nitrogens with two attached hydrogens (primary N) is 1. The minimum Gasteiger partial charge on any atom is -0.457 e. The number of fused-ring (bicyclic) bond motifs is 2. The summed E-state index contributed by atoms with van der Waals surface area (Å²) >= 11 is -1.72. The maximum absolute atomic E-state index is 12.1. The number of nitrogens with zero attached hydrogens (tertiary/aromatic N) is 1. The Balaban J connectivity index is 2.23. The van der Waals surface area contributed by atoms with Crippen LogP contribution >= 0.6 is 0 Å². The summed E-state index contributed by atoms with van der Waals surface area (Å²) < 4.78 is 19.2. The topological polar surface area (TPSA) is 72.6 Å². The quantitative estimate of drug-likeness (QED) is 0.865. The summed E-state index contributed by atoms with van der Waals surface area (Å²) in [5.74, 6) is -0.348.